The van der Waals surface area contributed by atoms with Crippen LogP contribution in [0.3, 0.4) is 0 Å². The van der Waals surface area contributed by atoms with Crippen LogP contribution < -0.4 is 5.56 Å². The summed E-state index contributed by atoms with van der Waals surface area (Å²) in [4.78, 5) is 12.4. The van der Waals surface area contributed by atoms with Crippen LogP contribution in [0.15, 0.2) is 29.3 Å². The van der Waals surface area contributed by atoms with Crippen molar-refractivity contribution in [3.63, 3.8) is 0 Å². The van der Waals surface area contributed by atoms with Crippen molar-refractivity contribution in [1.29, 1.82) is 0 Å². The monoisotopic (exact) mass is 245 g/mol. The van der Waals surface area contributed by atoms with E-state index in [1.54, 1.807) is 9.25 Å². The summed E-state index contributed by atoms with van der Waals surface area (Å²) in [5, 5.41) is 4.28. The lowest BCUT2D eigenvalue weighted by molar-refractivity contribution is 0.637. The van der Waals surface area contributed by atoms with Crippen LogP contribution in [0.4, 0.5) is 0 Å². The highest BCUT2D eigenvalue weighted by Crippen LogP contribution is 2.09. The van der Waals surface area contributed by atoms with Gasteiger partial charge in [0, 0.05) is 31.1 Å². The third-order valence-electron chi connectivity index (χ3n) is 2.80. The summed E-state index contributed by atoms with van der Waals surface area (Å²) in [6.45, 7) is 6.24. The fourth-order valence-corrected chi connectivity index (χ4v) is 2.08. The first-order valence-electron chi connectivity index (χ1n) is 6.19. The molecule has 0 bridgehead atoms. The Morgan fingerprint density at radius 3 is 2.67 bits per heavy atom. The van der Waals surface area contributed by atoms with Crippen LogP contribution in [0.2, 0.25) is 0 Å². The van der Waals surface area contributed by atoms with Crippen LogP contribution in [-0.4, -0.2) is 14.3 Å². The van der Waals surface area contributed by atoms with E-state index in [2.05, 4.69) is 18.9 Å². The van der Waals surface area contributed by atoms with Crippen LogP contribution in [0.5, 0.6) is 0 Å². The molecule has 2 aromatic heterocycles. The maximum absolute atomic E-state index is 12.4. The average Bonchev–Trinajstić information content (AvgIpc) is 2.69. The molecular weight excluding hydrogens is 226 g/mol. The Hall–Kier alpha value is -1.84. The van der Waals surface area contributed by atoms with E-state index in [1.165, 1.54) is 0 Å². The molecule has 0 unspecified atom stereocenters. The molecule has 0 spiro atoms. The Morgan fingerprint density at radius 2 is 2.11 bits per heavy atom. The molecule has 2 heterocycles. The minimum atomic E-state index is 0.0352. The number of hydrogen-bond acceptors (Lipinski definition) is 2. The van der Waals surface area contributed by atoms with Crippen LogP contribution in [0.1, 0.15) is 25.0 Å². The van der Waals surface area contributed by atoms with E-state index < -0.39 is 0 Å². The highest BCUT2D eigenvalue weighted by molar-refractivity contribution is 5.27. The van der Waals surface area contributed by atoms with Crippen LogP contribution >= 0.6 is 0 Å². The Labute approximate surface area is 107 Å². The second kappa shape index (κ2) is 4.80. The molecule has 0 saturated carbocycles. The summed E-state index contributed by atoms with van der Waals surface area (Å²) in [6, 6.07) is 3.82. The van der Waals surface area contributed by atoms with Crippen molar-refractivity contribution in [3.05, 3.63) is 46.0 Å². The van der Waals surface area contributed by atoms with Gasteiger partial charge in [0.05, 0.1) is 0 Å². The molecule has 18 heavy (non-hydrogen) atoms. The van der Waals surface area contributed by atoms with Gasteiger partial charge in [0.15, 0.2) is 5.82 Å². The highest BCUT2D eigenvalue weighted by Gasteiger charge is 2.09. The molecule has 4 heteroatoms. The molecule has 4 nitrogen and oxygen atoms in total. The van der Waals surface area contributed by atoms with Gasteiger partial charge >= 0.3 is 0 Å². The number of nitrogens with zero attached hydrogens (tertiary/aromatic N) is 3. The molecule has 0 saturated heterocycles. The maximum atomic E-state index is 12.4. The lowest BCUT2D eigenvalue weighted by Crippen LogP contribution is -2.23. The normalized spacial score (nSPS) is 11.2. The second-order valence-corrected chi connectivity index (χ2v) is 5.16. The number of aryl methyl sites for hydroxylation is 2. The highest BCUT2D eigenvalue weighted by atomic mass is 16.1. The molecule has 0 aliphatic carbocycles. The molecule has 2 aromatic rings. The fraction of sp³-hybridized carbons (Fsp3) is 0.429. The van der Waals surface area contributed by atoms with E-state index in [-0.39, 0.29) is 5.56 Å². The van der Waals surface area contributed by atoms with Gasteiger partial charge < -0.3 is 0 Å². The van der Waals surface area contributed by atoms with Gasteiger partial charge in [0.1, 0.15) is 0 Å². The standard InChI is InChI=1S/C14H19N3O/c1-10(2)7-12-8-11(3)9-17(14(12)18)13-5-6-16(4)15-13/h5-6,8-10H,7H2,1-4H3. The van der Waals surface area contributed by atoms with E-state index in [0.717, 1.165) is 17.5 Å². The zero-order chi connectivity index (χ0) is 13.3. The first-order valence-corrected chi connectivity index (χ1v) is 6.19. The van der Waals surface area contributed by atoms with Crippen molar-refractivity contribution < 1.29 is 0 Å². The smallest absolute Gasteiger partial charge is 0.259 e. The minimum Gasteiger partial charge on any atom is -0.274 e. The second-order valence-electron chi connectivity index (χ2n) is 5.16. The molecule has 0 atom stereocenters. The summed E-state index contributed by atoms with van der Waals surface area (Å²) in [5.74, 6) is 1.15. The third kappa shape index (κ3) is 2.53. The van der Waals surface area contributed by atoms with E-state index in [1.807, 2.05) is 38.5 Å². The zero-order valence-electron chi connectivity index (χ0n) is 11.3. The average molecular weight is 245 g/mol. The van der Waals surface area contributed by atoms with Gasteiger partial charge in [-0.3, -0.25) is 14.0 Å². The lowest BCUT2D eigenvalue weighted by atomic mass is 10.0. The first-order chi connectivity index (χ1) is 8.47. The van der Waals surface area contributed by atoms with Crippen molar-refractivity contribution in [2.24, 2.45) is 13.0 Å². The zero-order valence-corrected chi connectivity index (χ0v) is 11.3. The lowest BCUT2D eigenvalue weighted by Gasteiger charge is -2.09. The molecule has 0 fully saturated rings. The van der Waals surface area contributed by atoms with Gasteiger partial charge in [-0.05, 0) is 30.9 Å². The van der Waals surface area contributed by atoms with Gasteiger partial charge in [-0.2, -0.15) is 5.10 Å². The topological polar surface area (TPSA) is 39.8 Å². The van der Waals surface area contributed by atoms with Crippen LogP contribution in [-0.2, 0) is 13.5 Å². The first kappa shape index (κ1) is 12.6. The molecule has 2 rings (SSSR count). The summed E-state index contributed by atoms with van der Waals surface area (Å²) >= 11 is 0. The molecular formula is C14H19N3O. The van der Waals surface area contributed by atoms with E-state index >= 15 is 0 Å². The Kier molecular flexibility index (Phi) is 3.36. The third-order valence-corrected chi connectivity index (χ3v) is 2.80. The predicted octanol–water partition coefficient (Wildman–Crippen LogP) is 2.08. The molecule has 0 N–H and O–H groups in total. The number of pyridine rings is 1. The Bertz CT molecular complexity index is 608. The fourth-order valence-electron chi connectivity index (χ4n) is 2.08. The van der Waals surface area contributed by atoms with Crippen molar-refractivity contribution in [1.82, 2.24) is 14.3 Å². The summed E-state index contributed by atoms with van der Waals surface area (Å²) < 4.78 is 3.33. The maximum Gasteiger partial charge on any atom is 0.259 e. The molecule has 0 aliphatic heterocycles. The SMILES string of the molecule is Cc1cc(CC(C)C)c(=O)n(-c2ccn(C)n2)c1. The van der Waals surface area contributed by atoms with Crippen molar-refractivity contribution in [2.45, 2.75) is 27.2 Å². The van der Waals surface area contributed by atoms with Gasteiger partial charge in [-0.1, -0.05) is 13.8 Å². The summed E-state index contributed by atoms with van der Waals surface area (Å²) in [5.41, 5.74) is 1.97. The Morgan fingerprint density at radius 1 is 1.39 bits per heavy atom. The quantitative estimate of drug-likeness (QED) is 0.830. The van der Waals surface area contributed by atoms with Crippen molar-refractivity contribution >= 4 is 0 Å². The van der Waals surface area contributed by atoms with Crippen molar-refractivity contribution in [2.75, 3.05) is 0 Å². The summed E-state index contributed by atoms with van der Waals surface area (Å²) in [6.07, 6.45) is 4.48. The minimum absolute atomic E-state index is 0.0352. The number of rotatable bonds is 3. The van der Waals surface area contributed by atoms with Crippen molar-refractivity contribution in [3.8, 4) is 5.82 Å². The van der Waals surface area contributed by atoms with Gasteiger partial charge in [-0.15, -0.1) is 0 Å². The largest absolute Gasteiger partial charge is 0.274 e. The Balaban J connectivity index is 2.54. The number of aromatic nitrogens is 3. The summed E-state index contributed by atoms with van der Waals surface area (Å²) in [7, 11) is 1.85. The molecule has 0 amide bonds. The van der Waals surface area contributed by atoms with Gasteiger partial charge in [0.2, 0.25) is 0 Å². The molecule has 0 aliphatic rings. The van der Waals surface area contributed by atoms with E-state index in [4.69, 9.17) is 0 Å². The number of hydrogen-bond donors (Lipinski definition) is 0. The van der Waals surface area contributed by atoms with Crippen LogP contribution in [0, 0.1) is 12.8 Å². The van der Waals surface area contributed by atoms with Gasteiger partial charge in [-0.25, -0.2) is 0 Å². The predicted molar refractivity (Wildman–Crippen MR) is 72.1 cm³/mol. The molecule has 0 aromatic carbocycles. The molecule has 96 valence electrons. The van der Waals surface area contributed by atoms with E-state index in [0.29, 0.717) is 11.7 Å². The van der Waals surface area contributed by atoms with E-state index in [9.17, 15) is 4.79 Å². The van der Waals surface area contributed by atoms with Crippen LogP contribution in [0.25, 0.3) is 5.82 Å². The molecule has 0 radical (unpaired) electrons. The van der Waals surface area contributed by atoms with Gasteiger partial charge in [0.25, 0.3) is 5.56 Å².